The van der Waals surface area contributed by atoms with Gasteiger partial charge in [0.05, 0.1) is 24.6 Å². The van der Waals surface area contributed by atoms with Crippen molar-refractivity contribution in [2.75, 3.05) is 39.2 Å². The predicted octanol–water partition coefficient (Wildman–Crippen LogP) is 0.870. The summed E-state index contributed by atoms with van der Waals surface area (Å²) in [6, 6.07) is 12.5. The molecule has 1 saturated heterocycles. The first-order valence-electron chi connectivity index (χ1n) is 12.3. The smallest absolute Gasteiger partial charge is 0.328 e. The van der Waals surface area contributed by atoms with Gasteiger partial charge in [-0.25, -0.2) is 4.79 Å². The fourth-order valence-corrected chi connectivity index (χ4v) is 5.42. The van der Waals surface area contributed by atoms with E-state index in [4.69, 9.17) is 4.74 Å². The largest absolute Gasteiger partial charge is 0.497 e. The number of benzene rings is 2. The van der Waals surface area contributed by atoms with E-state index in [0.717, 1.165) is 15.9 Å². The standard InChI is InChI=1S/C27H29N5O6/c1-28(2)23(34)16-32-22(33)15-27(25(32)36)18-14-17(38-4)10-11-19(18)30(24(27)35)12-7-13-31-21-9-6-5-8-20(21)29(3)26(31)37/h5-6,8-11,14H,7,12-13,15-16H2,1-4H3. The van der Waals surface area contributed by atoms with Crippen molar-refractivity contribution in [3.63, 3.8) is 0 Å². The number of aromatic nitrogens is 2. The monoisotopic (exact) mass is 519 g/mol. The third-order valence-electron chi connectivity index (χ3n) is 7.50. The molecule has 0 saturated carbocycles. The van der Waals surface area contributed by atoms with Gasteiger partial charge in [-0.1, -0.05) is 12.1 Å². The van der Waals surface area contributed by atoms with Crippen LogP contribution in [0.1, 0.15) is 18.4 Å². The molecule has 11 nitrogen and oxygen atoms in total. The van der Waals surface area contributed by atoms with Crippen LogP contribution in [-0.4, -0.2) is 76.9 Å². The molecule has 3 heterocycles. The first kappa shape index (κ1) is 25.2. The minimum atomic E-state index is -1.75. The number of likely N-dealkylation sites (N-methyl/N-ethyl adjacent to an activating group) is 1. The summed E-state index contributed by atoms with van der Waals surface area (Å²) in [5.41, 5.74) is 0.619. The number of likely N-dealkylation sites (tertiary alicyclic amines) is 1. The second-order valence-electron chi connectivity index (χ2n) is 9.83. The zero-order valence-electron chi connectivity index (χ0n) is 21.8. The van der Waals surface area contributed by atoms with Crippen molar-refractivity contribution >= 4 is 40.3 Å². The van der Waals surface area contributed by atoms with E-state index in [1.54, 1.807) is 34.4 Å². The highest BCUT2D eigenvalue weighted by Crippen LogP contribution is 2.49. The Morgan fingerprint density at radius 3 is 2.34 bits per heavy atom. The third-order valence-corrected chi connectivity index (χ3v) is 7.50. The Balaban J connectivity index is 1.46. The van der Waals surface area contributed by atoms with Crippen LogP contribution in [0.25, 0.3) is 11.0 Å². The lowest BCUT2D eigenvalue weighted by Crippen LogP contribution is -2.48. The van der Waals surface area contributed by atoms with Crippen LogP contribution in [-0.2, 0) is 38.2 Å². The minimum Gasteiger partial charge on any atom is -0.497 e. The van der Waals surface area contributed by atoms with E-state index in [2.05, 4.69) is 0 Å². The summed E-state index contributed by atoms with van der Waals surface area (Å²) in [6.07, 6.45) is 0.0804. The highest BCUT2D eigenvalue weighted by molar-refractivity contribution is 6.29. The van der Waals surface area contributed by atoms with Gasteiger partial charge in [-0.3, -0.25) is 33.2 Å². The van der Waals surface area contributed by atoms with Crippen LogP contribution >= 0.6 is 0 Å². The van der Waals surface area contributed by atoms with Crippen LogP contribution in [0.5, 0.6) is 5.75 Å². The summed E-state index contributed by atoms with van der Waals surface area (Å²) in [4.78, 5) is 69.4. The van der Waals surface area contributed by atoms with Gasteiger partial charge in [0.15, 0.2) is 5.41 Å². The number of methoxy groups -OCH3 is 1. The number of imide groups is 1. The number of carbonyl (C=O) groups excluding carboxylic acids is 4. The maximum Gasteiger partial charge on any atom is 0.328 e. The van der Waals surface area contributed by atoms with E-state index in [1.165, 1.54) is 31.0 Å². The summed E-state index contributed by atoms with van der Waals surface area (Å²) in [5.74, 6) is -1.76. The van der Waals surface area contributed by atoms with Gasteiger partial charge in [-0.05, 0) is 36.8 Å². The molecule has 2 aromatic carbocycles. The van der Waals surface area contributed by atoms with Gasteiger partial charge >= 0.3 is 5.69 Å². The molecule has 1 fully saturated rings. The van der Waals surface area contributed by atoms with Crippen molar-refractivity contribution in [1.29, 1.82) is 0 Å². The lowest BCUT2D eigenvalue weighted by Gasteiger charge is -2.23. The SMILES string of the molecule is COc1ccc2c(c1)C1(CC(=O)N(CC(=O)N(C)C)C1=O)C(=O)N2CCCn1c(=O)n(C)c2ccccc21. The number of ether oxygens (including phenoxy) is 1. The van der Waals surface area contributed by atoms with Crippen molar-refractivity contribution in [2.24, 2.45) is 7.05 Å². The molecule has 3 aromatic rings. The second kappa shape index (κ2) is 9.16. The maximum atomic E-state index is 14.0. The molecule has 0 aliphatic carbocycles. The summed E-state index contributed by atoms with van der Waals surface area (Å²) in [5, 5.41) is 0. The number of carbonyl (C=O) groups is 4. The van der Waals surface area contributed by atoms with Crippen molar-refractivity contribution in [2.45, 2.75) is 24.8 Å². The van der Waals surface area contributed by atoms with Crippen molar-refractivity contribution in [1.82, 2.24) is 18.9 Å². The summed E-state index contributed by atoms with van der Waals surface area (Å²) >= 11 is 0. The van der Waals surface area contributed by atoms with Crippen molar-refractivity contribution in [3.05, 3.63) is 58.5 Å². The highest BCUT2D eigenvalue weighted by atomic mass is 16.5. The number of rotatable bonds is 7. The fraction of sp³-hybridized carbons (Fsp3) is 0.370. The van der Waals surface area contributed by atoms with E-state index >= 15 is 0 Å². The van der Waals surface area contributed by atoms with Gasteiger partial charge in [0.2, 0.25) is 17.7 Å². The lowest BCUT2D eigenvalue weighted by molar-refractivity contribution is -0.146. The Labute approximate surface area is 218 Å². The number of imidazole rings is 1. The maximum absolute atomic E-state index is 14.0. The third kappa shape index (κ3) is 3.60. The number of anilines is 1. The van der Waals surface area contributed by atoms with Crippen LogP contribution in [0.3, 0.4) is 0 Å². The molecule has 5 rings (SSSR count). The molecule has 1 unspecified atom stereocenters. The van der Waals surface area contributed by atoms with Crippen molar-refractivity contribution in [3.8, 4) is 5.75 Å². The first-order chi connectivity index (χ1) is 18.1. The Bertz CT molecular complexity index is 1550. The van der Waals surface area contributed by atoms with Gasteiger partial charge in [-0.15, -0.1) is 0 Å². The summed E-state index contributed by atoms with van der Waals surface area (Å²) in [6.45, 7) is 0.162. The topological polar surface area (TPSA) is 114 Å². The van der Waals surface area contributed by atoms with Crippen molar-refractivity contribution < 1.29 is 23.9 Å². The molecule has 4 amide bonds. The molecule has 198 valence electrons. The second-order valence-corrected chi connectivity index (χ2v) is 9.83. The van der Waals surface area contributed by atoms with Gasteiger partial charge < -0.3 is 14.5 Å². The number of hydrogen-bond acceptors (Lipinski definition) is 6. The highest BCUT2D eigenvalue weighted by Gasteiger charge is 2.64. The van der Waals surface area contributed by atoms with Crippen LogP contribution in [0.4, 0.5) is 5.69 Å². The van der Waals surface area contributed by atoms with Crippen LogP contribution in [0, 0.1) is 0 Å². The normalized spacial score (nSPS) is 18.7. The molecule has 1 spiro atoms. The Morgan fingerprint density at radius 2 is 1.66 bits per heavy atom. The molecule has 2 aliphatic heterocycles. The van der Waals surface area contributed by atoms with E-state index in [-0.39, 0.29) is 18.7 Å². The summed E-state index contributed by atoms with van der Waals surface area (Å²) in [7, 11) is 6.27. The first-order valence-corrected chi connectivity index (χ1v) is 12.3. The van der Waals surface area contributed by atoms with E-state index in [1.807, 2.05) is 24.3 Å². The molecular formula is C27H29N5O6. The molecule has 2 aliphatic rings. The number of amides is 4. The molecule has 38 heavy (non-hydrogen) atoms. The van der Waals surface area contributed by atoms with Gasteiger partial charge in [0, 0.05) is 45.5 Å². The molecule has 0 radical (unpaired) electrons. The van der Waals surface area contributed by atoms with Crippen LogP contribution in [0.2, 0.25) is 0 Å². The molecular weight excluding hydrogens is 490 g/mol. The molecule has 0 N–H and O–H groups in total. The number of nitrogens with zero attached hydrogens (tertiary/aromatic N) is 5. The zero-order valence-corrected chi connectivity index (χ0v) is 21.8. The minimum absolute atomic E-state index is 0.154. The fourth-order valence-electron chi connectivity index (χ4n) is 5.42. The number of hydrogen-bond donors (Lipinski definition) is 0. The van der Waals surface area contributed by atoms with E-state index < -0.39 is 35.6 Å². The lowest BCUT2D eigenvalue weighted by atomic mass is 9.80. The van der Waals surface area contributed by atoms with Gasteiger partial charge in [0.1, 0.15) is 12.3 Å². The predicted molar refractivity (Wildman–Crippen MR) is 139 cm³/mol. The van der Waals surface area contributed by atoms with Crippen LogP contribution in [0.15, 0.2) is 47.3 Å². The summed E-state index contributed by atoms with van der Waals surface area (Å²) < 4.78 is 8.60. The van der Waals surface area contributed by atoms with Gasteiger partial charge in [-0.2, -0.15) is 0 Å². The average Bonchev–Trinajstić information content (AvgIpc) is 3.40. The van der Waals surface area contributed by atoms with E-state index in [9.17, 15) is 24.0 Å². The van der Waals surface area contributed by atoms with Crippen LogP contribution < -0.4 is 15.3 Å². The Hall–Kier alpha value is -4.41. The Kier molecular flexibility index (Phi) is 6.09. The number of aryl methyl sites for hydroxylation is 2. The Morgan fingerprint density at radius 1 is 0.974 bits per heavy atom. The molecule has 1 atom stereocenters. The molecule has 0 bridgehead atoms. The average molecular weight is 520 g/mol. The number of fused-ring (bicyclic) bond motifs is 3. The molecule has 1 aromatic heterocycles. The van der Waals surface area contributed by atoms with E-state index in [0.29, 0.717) is 30.0 Å². The molecule has 11 heteroatoms. The quantitative estimate of drug-likeness (QED) is 0.338. The zero-order chi connectivity index (χ0) is 27.4. The number of para-hydroxylation sites is 2. The van der Waals surface area contributed by atoms with Gasteiger partial charge in [0.25, 0.3) is 5.91 Å².